The Morgan fingerprint density at radius 1 is 1.50 bits per heavy atom. The topological polar surface area (TPSA) is 35.8 Å². The summed E-state index contributed by atoms with van der Waals surface area (Å²) in [5, 5.41) is 12.3. The third kappa shape index (κ3) is 3.07. The van der Waals surface area contributed by atoms with E-state index in [9.17, 15) is 0 Å². The van der Waals surface area contributed by atoms with Crippen LogP contribution in [0.4, 0.5) is 0 Å². The maximum Gasteiger partial charge on any atom is 0.110 e. The lowest BCUT2D eigenvalue weighted by Crippen LogP contribution is -2.32. The molecule has 0 amide bonds. The smallest absolute Gasteiger partial charge is 0.110 e. The molecule has 0 bridgehead atoms. The molecule has 86 valence electrons. The van der Waals surface area contributed by atoms with E-state index in [0.717, 1.165) is 17.3 Å². The van der Waals surface area contributed by atoms with Gasteiger partial charge in [-0.2, -0.15) is 5.26 Å². The van der Waals surface area contributed by atoms with Gasteiger partial charge in [-0.05, 0) is 30.9 Å². The molecule has 1 N–H and O–H groups in total. The van der Waals surface area contributed by atoms with Crippen molar-refractivity contribution in [1.29, 1.82) is 5.26 Å². The maximum atomic E-state index is 8.74. The zero-order chi connectivity index (χ0) is 11.4. The predicted molar refractivity (Wildman–Crippen MR) is 67.3 cm³/mol. The minimum Gasteiger partial charge on any atom is -0.309 e. The largest absolute Gasteiger partial charge is 0.309 e. The van der Waals surface area contributed by atoms with E-state index in [4.69, 9.17) is 5.26 Å². The molecule has 3 heteroatoms. The summed E-state index contributed by atoms with van der Waals surface area (Å²) in [4.78, 5) is 2.09. The Morgan fingerprint density at radius 3 is 3.06 bits per heavy atom. The Kier molecular flexibility index (Phi) is 3.98. The molecule has 1 heterocycles. The molecule has 2 nitrogen and oxygen atoms in total. The lowest BCUT2D eigenvalue weighted by atomic mass is 9.87. The van der Waals surface area contributed by atoms with Crippen molar-refractivity contribution in [3.63, 3.8) is 0 Å². The van der Waals surface area contributed by atoms with Gasteiger partial charge in [-0.3, -0.25) is 0 Å². The molecule has 1 saturated carbocycles. The molecule has 0 aromatic carbocycles. The highest BCUT2D eigenvalue weighted by Gasteiger charge is 2.18. The normalized spacial score (nSPS) is 25.2. The highest BCUT2D eigenvalue weighted by Crippen LogP contribution is 2.24. The molecule has 0 spiro atoms. The fraction of sp³-hybridized carbons (Fsp3) is 0.615. The van der Waals surface area contributed by atoms with Crippen LogP contribution in [0.2, 0.25) is 0 Å². The van der Waals surface area contributed by atoms with Gasteiger partial charge in [-0.15, -0.1) is 11.3 Å². The van der Waals surface area contributed by atoms with Gasteiger partial charge in [0.25, 0.3) is 0 Å². The second-order valence-corrected chi connectivity index (χ2v) is 5.90. The standard InChI is InChI=1S/C13H18N2S/c1-10-3-2-4-11(7-10)15-9-13-6-5-12(8-14)16-13/h5-6,10-11,15H,2-4,7,9H2,1H3. The molecular weight excluding hydrogens is 216 g/mol. The lowest BCUT2D eigenvalue weighted by Gasteiger charge is -2.27. The summed E-state index contributed by atoms with van der Waals surface area (Å²) in [6, 6.07) is 6.83. The van der Waals surface area contributed by atoms with Gasteiger partial charge < -0.3 is 5.32 Å². The van der Waals surface area contributed by atoms with Gasteiger partial charge in [0.1, 0.15) is 10.9 Å². The summed E-state index contributed by atoms with van der Waals surface area (Å²) in [7, 11) is 0. The van der Waals surface area contributed by atoms with Crippen LogP contribution in [0.25, 0.3) is 0 Å². The van der Waals surface area contributed by atoms with E-state index < -0.39 is 0 Å². The molecule has 2 atom stereocenters. The molecule has 0 aliphatic heterocycles. The van der Waals surface area contributed by atoms with Crippen LogP contribution in [0.1, 0.15) is 42.4 Å². The molecule has 16 heavy (non-hydrogen) atoms. The summed E-state index contributed by atoms with van der Waals surface area (Å²) in [5.41, 5.74) is 0. The van der Waals surface area contributed by atoms with E-state index in [1.807, 2.05) is 6.07 Å². The Hall–Kier alpha value is -0.850. The molecule has 1 aromatic rings. The van der Waals surface area contributed by atoms with Crippen molar-refractivity contribution in [3.8, 4) is 6.07 Å². The highest BCUT2D eigenvalue weighted by molar-refractivity contribution is 7.12. The summed E-state index contributed by atoms with van der Waals surface area (Å²) in [5.74, 6) is 0.865. The molecule has 2 unspecified atom stereocenters. The lowest BCUT2D eigenvalue weighted by molar-refractivity contribution is 0.301. The van der Waals surface area contributed by atoms with E-state index >= 15 is 0 Å². The highest BCUT2D eigenvalue weighted by atomic mass is 32.1. The molecule has 1 fully saturated rings. The quantitative estimate of drug-likeness (QED) is 0.871. The van der Waals surface area contributed by atoms with Crippen molar-refractivity contribution in [3.05, 3.63) is 21.9 Å². The van der Waals surface area contributed by atoms with Crippen molar-refractivity contribution >= 4 is 11.3 Å². The van der Waals surface area contributed by atoms with Gasteiger partial charge in [0.2, 0.25) is 0 Å². The van der Waals surface area contributed by atoms with Gasteiger partial charge in [0.15, 0.2) is 0 Å². The predicted octanol–water partition coefficient (Wildman–Crippen LogP) is 3.29. The van der Waals surface area contributed by atoms with Crippen LogP contribution in [0.5, 0.6) is 0 Å². The molecule has 1 aliphatic carbocycles. The Balaban J connectivity index is 1.80. The minimum atomic E-state index is 0.677. The Morgan fingerprint density at radius 2 is 2.38 bits per heavy atom. The van der Waals surface area contributed by atoms with Crippen LogP contribution >= 0.6 is 11.3 Å². The van der Waals surface area contributed by atoms with Gasteiger partial charge >= 0.3 is 0 Å². The number of thiophene rings is 1. The van der Waals surface area contributed by atoms with E-state index in [1.165, 1.54) is 30.6 Å². The molecule has 1 aliphatic rings. The van der Waals surface area contributed by atoms with Crippen LogP contribution in [0.3, 0.4) is 0 Å². The first-order valence-corrected chi connectivity index (χ1v) is 6.82. The fourth-order valence-electron chi connectivity index (χ4n) is 2.40. The SMILES string of the molecule is CC1CCCC(NCc2ccc(C#N)s2)C1. The maximum absolute atomic E-state index is 8.74. The van der Waals surface area contributed by atoms with Crippen LogP contribution in [0, 0.1) is 17.2 Å². The average Bonchev–Trinajstić information content (AvgIpc) is 2.74. The first kappa shape index (κ1) is 11.6. The number of nitrogens with zero attached hydrogens (tertiary/aromatic N) is 1. The number of nitrogens with one attached hydrogen (secondary N) is 1. The summed E-state index contributed by atoms with van der Waals surface area (Å²) < 4.78 is 0. The molecule has 1 aromatic heterocycles. The number of hydrogen-bond acceptors (Lipinski definition) is 3. The first-order chi connectivity index (χ1) is 7.78. The number of hydrogen-bond donors (Lipinski definition) is 1. The van der Waals surface area contributed by atoms with Gasteiger partial charge in [-0.25, -0.2) is 0 Å². The van der Waals surface area contributed by atoms with Gasteiger partial charge in [-0.1, -0.05) is 19.8 Å². The molecular formula is C13H18N2S. The van der Waals surface area contributed by atoms with E-state index in [0.29, 0.717) is 6.04 Å². The molecule has 0 radical (unpaired) electrons. The van der Waals surface area contributed by atoms with E-state index in [1.54, 1.807) is 11.3 Å². The van der Waals surface area contributed by atoms with E-state index in [2.05, 4.69) is 24.4 Å². The minimum absolute atomic E-state index is 0.677. The van der Waals surface area contributed by atoms with Crippen molar-refractivity contribution in [2.45, 2.75) is 45.2 Å². The zero-order valence-corrected chi connectivity index (χ0v) is 10.5. The second kappa shape index (κ2) is 5.47. The summed E-state index contributed by atoms with van der Waals surface area (Å²) in [6.07, 6.45) is 5.35. The Bertz CT molecular complexity index is 378. The fourth-order valence-corrected chi connectivity index (χ4v) is 3.15. The van der Waals surface area contributed by atoms with Crippen LogP contribution < -0.4 is 5.32 Å². The second-order valence-electron chi connectivity index (χ2n) is 4.73. The van der Waals surface area contributed by atoms with Gasteiger partial charge in [0.05, 0.1) is 0 Å². The van der Waals surface area contributed by atoms with Crippen LogP contribution in [-0.4, -0.2) is 6.04 Å². The summed E-state index contributed by atoms with van der Waals surface area (Å²) in [6.45, 7) is 3.26. The Labute approximate surface area is 101 Å². The zero-order valence-electron chi connectivity index (χ0n) is 9.70. The van der Waals surface area contributed by atoms with Crippen molar-refractivity contribution in [2.75, 3.05) is 0 Å². The number of rotatable bonds is 3. The third-order valence-corrected chi connectivity index (χ3v) is 4.26. The van der Waals surface area contributed by atoms with Gasteiger partial charge in [0, 0.05) is 17.5 Å². The summed E-state index contributed by atoms with van der Waals surface area (Å²) >= 11 is 1.60. The van der Waals surface area contributed by atoms with Crippen molar-refractivity contribution < 1.29 is 0 Å². The van der Waals surface area contributed by atoms with Crippen LogP contribution in [0.15, 0.2) is 12.1 Å². The molecule has 2 rings (SSSR count). The van der Waals surface area contributed by atoms with Crippen molar-refractivity contribution in [2.24, 2.45) is 5.92 Å². The average molecular weight is 234 g/mol. The first-order valence-electron chi connectivity index (χ1n) is 6.00. The van der Waals surface area contributed by atoms with E-state index in [-0.39, 0.29) is 0 Å². The van der Waals surface area contributed by atoms with Crippen LogP contribution in [-0.2, 0) is 6.54 Å². The monoisotopic (exact) mass is 234 g/mol. The molecule has 0 saturated heterocycles. The number of nitriles is 1. The van der Waals surface area contributed by atoms with Crippen molar-refractivity contribution in [1.82, 2.24) is 5.32 Å². The third-order valence-electron chi connectivity index (χ3n) is 3.27.